The maximum Gasteiger partial charge on any atom is 0.127 e. The molecule has 4 nitrogen and oxygen atoms in total. The number of aryl methyl sites for hydroxylation is 1. The Labute approximate surface area is 111 Å². The number of rotatable bonds is 3. The number of nitrogens with one attached hydrogen (secondary N) is 1. The molecule has 3 rings (SSSR count). The molecule has 1 aromatic heterocycles. The van der Waals surface area contributed by atoms with Gasteiger partial charge >= 0.3 is 0 Å². The number of fused-ring (bicyclic) bond motifs is 1. The van der Waals surface area contributed by atoms with Gasteiger partial charge in [-0.1, -0.05) is 11.6 Å². The quantitative estimate of drug-likeness (QED) is 0.925. The highest BCUT2D eigenvalue weighted by atomic mass is 35.5. The van der Waals surface area contributed by atoms with Crippen LogP contribution in [0.5, 0.6) is 5.75 Å². The van der Waals surface area contributed by atoms with Gasteiger partial charge in [0, 0.05) is 36.8 Å². The van der Waals surface area contributed by atoms with E-state index in [2.05, 4.69) is 10.4 Å². The zero-order valence-corrected chi connectivity index (χ0v) is 10.9. The van der Waals surface area contributed by atoms with Gasteiger partial charge in [0.1, 0.15) is 5.75 Å². The van der Waals surface area contributed by atoms with Crippen LogP contribution in [0.3, 0.4) is 0 Å². The van der Waals surface area contributed by atoms with Crippen LogP contribution < -0.4 is 10.1 Å². The van der Waals surface area contributed by atoms with Crippen molar-refractivity contribution in [1.29, 1.82) is 0 Å². The van der Waals surface area contributed by atoms with Gasteiger partial charge in [-0.2, -0.15) is 5.10 Å². The van der Waals surface area contributed by atoms with Gasteiger partial charge in [-0.05, 0) is 17.7 Å². The van der Waals surface area contributed by atoms with Gasteiger partial charge in [0.2, 0.25) is 0 Å². The van der Waals surface area contributed by atoms with E-state index < -0.39 is 0 Å². The SMILES string of the molecule is Cn1cc(NCc2cc(Cl)cc3c2OCC3)cn1. The van der Waals surface area contributed by atoms with Crippen molar-refractivity contribution >= 4 is 17.3 Å². The van der Waals surface area contributed by atoms with E-state index in [0.717, 1.165) is 35.1 Å². The minimum Gasteiger partial charge on any atom is -0.493 e. The van der Waals surface area contributed by atoms with Crippen LogP contribution >= 0.6 is 11.6 Å². The van der Waals surface area contributed by atoms with Crippen molar-refractivity contribution in [2.45, 2.75) is 13.0 Å². The van der Waals surface area contributed by atoms with E-state index in [-0.39, 0.29) is 0 Å². The standard InChI is InChI=1S/C13H14ClN3O/c1-17-8-12(7-16-17)15-6-10-5-11(14)4-9-2-3-18-13(9)10/h4-5,7-8,15H,2-3,6H2,1H3. The predicted molar refractivity (Wildman–Crippen MR) is 71.2 cm³/mol. The smallest absolute Gasteiger partial charge is 0.127 e. The molecule has 0 fully saturated rings. The first-order valence-electron chi connectivity index (χ1n) is 5.89. The molecule has 1 aromatic carbocycles. The van der Waals surface area contributed by atoms with Crippen LogP contribution in [0.1, 0.15) is 11.1 Å². The summed E-state index contributed by atoms with van der Waals surface area (Å²) in [6, 6.07) is 3.94. The zero-order chi connectivity index (χ0) is 12.5. The Morgan fingerprint density at radius 1 is 1.50 bits per heavy atom. The normalized spacial score (nSPS) is 13.2. The molecule has 1 aliphatic heterocycles. The second-order valence-electron chi connectivity index (χ2n) is 4.41. The van der Waals surface area contributed by atoms with E-state index in [1.165, 1.54) is 5.56 Å². The second-order valence-corrected chi connectivity index (χ2v) is 4.84. The van der Waals surface area contributed by atoms with Gasteiger partial charge in [0.05, 0.1) is 18.5 Å². The van der Waals surface area contributed by atoms with E-state index in [1.54, 1.807) is 10.9 Å². The van der Waals surface area contributed by atoms with Crippen molar-refractivity contribution < 1.29 is 4.74 Å². The van der Waals surface area contributed by atoms with Crippen molar-refractivity contribution in [1.82, 2.24) is 9.78 Å². The Balaban J connectivity index is 1.80. The summed E-state index contributed by atoms with van der Waals surface area (Å²) in [5, 5.41) is 8.20. The fourth-order valence-electron chi connectivity index (χ4n) is 2.19. The number of ether oxygens (including phenoxy) is 1. The van der Waals surface area contributed by atoms with Crippen molar-refractivity contribution in [3.8, 4) is 5.75 Å². The van der Waals surface area contributed by atoms with Crippen LogP contribution in [0.25, 0.3) is 0 Å². The molecular formula is C13H14ClN3O. The van der Waals surface area contributed by atoms with Crippen molar-refractivity contribution in [2.75, 3.05) is 11.9 Å². The van der Waals surface area contributed by atoms with Gasteiger partial charge in [-0.15, -0.1) is 0 Å². The van der Waals surface area contributed by atoms with E-state index in [4.69, 9.17) is 16.3 Å². The third-order valence-electron chi connectivity index (χ3n) is 3.01. The number of halogens is 1. The van der Waals surface area contributed by atoms with E-state index >= 15 is 0 Å². The summed E-state index contributed by atoms with van der Waals surface area (Å²) in [7, 11) is 1.89. The lowest BCUT2D eigenvalue weighted by molar-refractivity contribution is 0.354. The molecule has 0 amide bonds. The first-order valence-corrected chi connectivity index (χ1v) is 6.27. The number of aromatic nitrogens is 2. The van der Waals surface area contributed by atoms with Crippen LogP contribution in [0, 0.1) is 0 Å². The molecular weight excluding hydrogens is 250 g/mol. The lowest BCUT2D eigenvalue weighted by Gasteiger charge is -2.09. The molecule has 0 unspecified atom stereocenters. The molecule has 0 radical (unpaired) electrons. The highest BCUT2D eigenvalue weighted by Crippen LogP contribution is 2.33. The Hall–Kier alpha value is -1.68. The van der Waals surface area contributed by atoms with Crippen molar-refractivity contribution in [3.63, 3.8) is 0 Å². The highest BCUT2D eigenvalue weighted by molar-refractivity contribution is 6.30. The van der Waals surface area contributed by atoms with Crippen LogP contribution in [0.4, 0.5) is 5.69 Å². The van der Waals surface area contributed by atoms with E-state index in [1.807, 2.05) is 25.4 Å². The monoisotopic (exact) mass is 263 g/mol. The largest absolute Gasteiger partial charge is 0.493 e. The summed E-state index contributed by atoms with van der Waals surface area (Å²) < 4.78 is 7.42. The number of hydrogen-bond acceptors (Lipinski definition) is 3. The maximum absolute atomic E-state index is 6.11. The van der Waals surface area contributed by atoms with Crippen LogP contribution in [-0.4, -0.2) is 16.4 Å². The summed E-state index contributed by atoms with van der Waals surface area (Å²) >= 11 is 6.11. The fourth-order valence-corrected chi connectivity index (χ4v) is 2.45. The fraction of sp³-hybridized carbons (Fsp3) is 0.308. The molecule has 1 aliphatic rings. The molecule has 18 heavy (non-hydrogen) atoms. The van der Waals surface area contributed by atoms with Gasteiger partial charge in [-0.25, -0.2) is 0 Å². The first kappa shape index (κ1) is 11.4. The molecule has 2 aromatic rings. The van der Waals surface area contributed by atoms with E-state index in [0.29, 0.717) is 6.54 Å². The second kappa shape index (κ2) is 4.53. The minimum absolute atomic E-state index is 0.689. The van der Waals surface area contributed by atoms with Gasteiger partial charge < -0.3 is 10.1 Å². The topological polar surface area (TPSA) is 39.1 Å². The first-order chi connectivity index (χ1) is 8.72. The summed E-state index contributed by atoms with van der Waals surface area (Å²) in [6.07, 6.45) is 4.67. The van der Waals surface area contributed by atoms with Crippen LogP contribution in [0.2, 0.25) is 5.02 Å². The van der Waals surface area contributed by atoms with E-state index in [9.17, 15) is 0 Å². The summed E-state index contributed by atoms with van der Waals surface area (Å²) in [6.45, 7) is 1.43. The minimum atomic E-state index is 0.689. The summed E-state index contributed by atoms with van der Waals surface area (Å²) in [4.78, 5) is 0. The van der Waals surface area contributed by atoms with Crippen LogP contribution in [-0.2, 0) is 20.0 Å². The molecule has 0 saturated carbocycles. The van der Waals surface area contributed by atoms with Crippen molar-refractivity contribution in [2.24, 2.45) is 7.05 Å². The third-order valence-corrected chi connectivity index (χ3v) is 3.23. The molecule has 2 heterocycles. The molecule has 0 saturated heterocycles. The number of anilines is 1. The average Bonchev–Trinajstić information content (AvgIpc) is 2.94. The molecule has 1 N–H and O–H groups in total. The lowest BCUT2D eigenvalue weighted by atomic mass is 10.1. The summed E-state index contributed by atoms with van der Waals surface area (Å²) in [5.74, 6) is 0.982. The van der Waals surface area contributed by atoms with Gasteiger partial charge in [0.15, 0.2) is 0 Å². The lowest BCUT2D eigenvalue weighted by Crippen LogP contribution is -2.01. The molecule has 5 heteroatoms. The molecule has 94 valence electrons. The Morgan fingerprint density at radius 2 is 2.39 bits per heavy atom. The maximum atomic E-state index is 6.11. The van der Waals surface area contributed by atoms with Crippen LogP contribution in [0.15, 0.2) is 24.5 Å². The molecule has 0 aliphatic carbocycles. The Bertz CT molecular complexity index is 580. The summed E-state index contributed by atoms with van der Waals surface area (Å²) in [5.41, 5.74) is 3.29. The predicted octanol–water partition coefficient (Wildman–Crippen LogP) is 2.62. The molecule has 0 bridgehead atoms. The molecule has 0 spiro atoms. The third kappa shape index (κ3) is 2.16. The highest BCUT2D eigenvalue weighted by Gasteiger charge is 2.17. The number of nitrogens with zero attached hydrogens (tertiary/aromatic N) is 2. The Morgan fingerprint density at radius 3 is 3.17 bits per heavy atom. The number of benzene rings is 1. The zero-order valence-electron chi connectivity index (χ0n) is 10.1. The molecule has 0 atom stereocenters. The number of hydrogen-bond donors (Lipinski definition) is 1. The van der Waals surface area contributed by atoms with Crippen molar-refractivity contribution in [3.05, 3.63) is 40.7 Å². The average molecular weight is 264 g/mol. The van der Waals surface area contributed by atoms with Gasteiger partial charge in [0.25, 0.3) is 0 Å². The van der Waals surface area contributed by atoms with Gasteiger partial charge in [-0.3, -0.25) is 4.68 Å². The Kier molecular flexibility index (Phi) is 2.88.